The monoisotopic (exact) mass is 451 g/mol. The molecular weight excluding hydrogens is 422 g/mol. The summed E-state index contributed by atoms with van der Waals surface area (Å²) in [6, 6.07) is 12.2. The number of hydrogen-bond donors (Lipinski definition) is 1. The number of methoxy groups -OCH3 is 1. The van der Waals surface area contributed by atoms with Gasteiger partial charge in [-0.25, -0.2) is 9.48 Å². The lowest BCUT2D eigenvalue weighted by molar-refractivity contribution is -0.123. The Morgan fingerprint density at radius 2 is 1.85 bits per heavy atom. The number of ether oxygens (including phenoxy) is 2. The lowest BCUT2D eigenvalue weighted by Gasteiger charge is -2.16. The summed E-state index contributed by atoms with van der Waals surface area (Å²) in [4.78, 5) is 38.5. The van der Waals surface area contributed by atoms with Crippen molar-refractivity contribution in [1.29, 1.82) is 0 Å². The lowest BCUT2D eigenvalue weighted by Crippen LogP contribution is -2.32. The van der Waals surface area contributed by atoms with Crippen molar-refractivity contribution in [3.8, 4) is 5.75 Å². The molecule has 1 unspecified atom stereocenters. The van der Waals surface area contributed by atoms with Gasteiger partial charge in [0.05, 0.1) is 18.2 Å². The van der Waals surface area contributed by atoms with Crippen molar-refractivity contribution in [2.24, 2.45) is 0 Å². The Balaban J connectivity index is 1.84. The van der Waals surface area contributed by atoms with Crippen LogP contribution in [0.2, 0.25) is 0 Å². The minimum atomic E-state index is -1.09. The minimum Gasteiger partial charge on any atom is -0.495 e. The summed E-state index contributed by atoms with van der Waals surface area (Å²) in [5, 5.41) is 7.80. The van der Waals surface area contributed by atoms with Gasteiger partial charge in [-0.15, -0.1) is 0 Å². The first-order valence-electron chi connectivity index (χ1n) is 11.0. The number of rotatable bonds is 9. The Morgan fingerprint density at radius 3 is 2.55 bits per heavy atom. The van der Waals surface area contributed by atoms with Crippen LogP contribution in [0.3, 0.4) is 0 Å². The molecular formula is C25H29N3O5. The SMILES string of the molecule is CCCCCn1nc(C(=O)OC(C)C(=O)Nc2cc(C)ccc2OC)c2ccccc2c1=O. The number of unbranched alkanes of at least 4 members (excludes halogenated alkanes) is 2. The van der Waals surface area contributed by atoms with Crippen LogP contribution in [0.25, 0.3) is 10.8 Å². The van der Waals surface area contributed by atoms with Crippen LogP contribution in [0.1, 0.15) is 49.2 Å². The van der Waals surface area contributed by atoms with Crippen molar-refractivity contribution in [2.45, 2.75) is 52.7 Å². The second-order valence-corrected chi connectivity index (χ2v) is 7.87. The maximum absolute atomic E-state index is 13.0. The van der Waals surface area contributed by atoms with Gasteiger partial charge in [-0.05, 0) is 44.0 Å². The van der Waals surface area contributed by atoms with Crippen LogP contribution in [-0.2, 0) is 16.1 Å². The van der Waals surface area contributed by atoms with E-state index in [-0.39, 0.29) is 11.3 Å². The Labute approximate surface area is 192 Å². The van der Waals surface area contributed by atoms with E-state index in [2.05, 4.69) is 17.3 Å². The summed E-state index contributed by atoms with van der Waals surface area (Å²) in [5.74, 6) is -0.776. The molecule has 8 heteroatoms. The predicted octanol–water partition coefficient (Wildman–Crippen LogP) is 4.09. The Hall–Kier alpha value is -3.68. The molecule has 0 fully saturated rings. The first-order valence-corrected chi connectivity index (χ1v) is 11.0. The van der Waals surface area contributed by atoms with E-state index < -0.39 is 18.0 Å². The molecule has 2 aromatic carbocycles. The Morgan fingerprint density at radius 1 is 1.12 bits per heavy atom. The topological polar surface area (TPSA) is 99.5 Å². The zero-order valence-corrected chi connectivity index (χ0v) is 19.4. The molecule has 0 aliphatic heterocycles. The van der Waals surface area contributed by atoms with Crippen LogP contribution in [-0.4, -0.2) is 34.9 Å². The number of fused-ring (bicyclic) bond motifs is 1. The standard InChI is InChI=1S/C25H29N3O5/c1-5-6-9-14-28-24(30)19-11-8-7-10-18(19)22(27-28)25(31)33-17(3)23(29)26-20-15-16(2)12-13-21(20)32-4/h7-8,10-13,15,17H,5-6,9,14H2,1-4H3,(H,26,29). The Kier molecular flexibility index (Phi) is 7.82. The molecule has 174 valence electrons. The number of anilines is 1. The number of carbonyl (C=O) groups excluding carboxylic acids is 2. The largest absolute Gasteiger partial charge is 0.495 e. The van der Waals surface area contributed by atoms with Gasteiger partial charge in [-0.2, -0.15) is 5.10 Å². The van der Waals surface area contributed by atoms with Gasteiger partial charge in [0.15, 0.2) is 11.8 Å². The number of aromatic nitrogens is 2. The Bertz CT molecular complexity index is 1220. The number of hydrogen-bond acceptors (Lipinski definition) is 6. The van der Waals surface area contributed by atoms with Crippen molar-refractivity contribution < 1.29 is 19.1 Å². The fraction of sp³-hybridized carbons (Fsp3) is 0.360. The first kappa shape index (κ1) is 24.0. The molecule has 1 N–H and O–H groups in total. The van der Waals surface area contributed by atoms with Crippen molar-refractivity contribution in [2.75, 3.05) is 12.4 Å². The minimum absolute atomic E-state index is 0.00878. The summed E-state index contributed by atoms with van der Waals surface area (Å²) in [6.45, 7) is 5.85. The zero-order valence-electron chi connectivity index (χ0n) is 19.4. The highest BCUT2D eigenvalue weighted by Crippen LogP contribution is 2.25. The third kappa shape index (κ3) is 5.58. The van der Waals surface area contributed by atoms with E-state index in [9.17, 15) is 14.4 Å². The van der Waals surface area contributed by atoms with Crippen LogP contribution in [0.15, 0.2) is 47.3 Å². The quantitative estimate of drug-likeness (QED) is 0.389. The van der Waals surface area contributed by atoms with Gasteiger partial charge in [-0.1, -0.05) is 44.0 Å². The highest BCUT2D eigenvalue weighted by molar-refractivity contribution is 6.04. The van der Waals surface area contributed by atoms with Gasteiger partial charge < -0.3 is 14.8 Å². The third-order valence-electron chi connectivity index (χ3n) is 5.30. The fourth-order valence-electron chi connectivity index (χ4n) is 3.47. The van der Waals surface area contributed by atoms with E-state index in [0.717, 1.165) is 24.8 Å². The molecule has 3 rings (SSSR count). The third-order valence-corrected chi connectivity index (χ3v) is 5.30. The molecule has 1 atom stereocenters. The molecule has 8 nitrogen and oxygen atoms in total. The first-order chi connectivity index (χ1) is 15.8. The molecule has 0 saturated heterocycles. The molecule has 0 spiro atoms. The van der Waals surface area contributed by atoms with Gasteiger partial charge in [0, 0.05) is 11.9 Å². The summed E-state index contributed by atoms with van der Waals surface area (Å²) in [7, 11) is 1.51. The molecule has 1 aromatic heterocycles. The number of nitrogens with one attached hydrogen (secondary N) is 1. The second kappa shape index (κ2) is 10.8. The predicted molar refractivity (Wildman–Crippen MR) is 127 cm³/mol. The number of esters is 1. The van der Waals surface area contributed by atoms with Crippen molar-refractivity contribution >= 4 is 28.3 Å². The van der Waals surface area contributed by atoms with Crippen molar-refractivity contribution in [3.63, 3.8) is 0 Å². The van der Waals surface area contributed by atoms with Crippen molar-refractivity contribution in [1.82, 2.24) is 9.78 Å². The maximum atomic E-state index is 13.0. The van der Waals surface area contributed by atoms with E-state index >= 15 is 0 Å². The number of amides is 1. The molecule has 1 amide bonds. The van der Waals surface area contributed by atoms with Gasteiger partial charge >= 0.3 is 5.97 Å². The van der Waals surface area contributed by atoms with E-state index in [0.29, 0.717) is 28.8 Å². The van der Waals surface area contributed by atoms with E-state index in [1.54, 1.807) is 36.4 Å². The highest BCUT2D eigenvalue weighted by Gasteiger charge is 2.24. The van der Waals surface area contributed by atoms with Crippen LogP contribution in [0.5, 0.6) is 5.75 Å². The molecule has 0 bridgehead atoms. The summed E-state index contributed by atoms with van der Waals surface area (Å²) < 4.78 is 12.0. The summed E-state index contributed by atoms with van der Waals surface area (Å²) in [6.07, 6.45) is 1.62. The van der Waals surface area contributed by atoms with Crippen LogP contribution in [0.4, 0.5) is 5.69 Å². The second-order valence-electron chi connectivity index (χ2n) is 7.87. The van der Waals surface area contributed by atoms with E-state index in [1.165, 1.54) is 18.7 Å². The molecule has 33 heavy (non-hydrogen) atoms. The zero-order chi connectivity index (χ0) is 24.0. The smallest absolute Gasteiger partial charge is 0.360 e. The summed E-state index contributed by atoms with van der Waals surface area (Å²) >= 11 is 0. The average Bonchev–Trinajstić information content (AvgIpc) is 2.80. The van der Waals surface area contributed by atoms with E-state index in [4.69, 9.17) is 9.47 Å². The van der Waals surface area contributed by atoms with Gasteiger partial charge in [0.1, 0.15) is 5.75 Å². The average molecular weight is 452 g/mol. The molecule has 0 radical (unpaired) electrons. The summed E-state index contributed by atoms with van der Waals surface area (Å²) in [5.41, 5.74) is 1.18. The molecule has 1 heterocycles. The van der Waals surface area contributed by atoms with Crippen LogP contribution in [0, 0.1) is 6.92 Å². The molecule has 0 saturated carbocycles. The van der Waals surface area contributed by atoms with Gasteiger partial charge in [0.25, 0.3) is 11.5 Å². The highest BCUT2D eigenvalue weighted by atomic mass is 16.5. The van der Waals surface area contributed by atoms with Gasteiger partial charge in [0.2, 0.25) is 0 Å². The van der Waals surface area contributed by atoms with Gasteiger partial charge in [-0.3, -0.25) is 9.59 Å². The fourth-order valence-corrected chi connectivity index (χ4v) is 3.47. The van der Waals surface area contributed by atoms with Crippen LogP contribution < -0.4 is 15.6 Å². The number of benzene rings is 2. The lowest BCUT2D eigenvalue weighted by atomic mass is 10.1. The maximum Gasteiger partial charge on any atom is 0.360 e. The van der Waals surface area contributed by atoms with Crippen LogP contribution >= 0.6 is 0 Å². The number of carbonyl (C=O) groups is 2. The van der Waals surface area contributed by atoms with Crippen molar-refractivity contribution in [3.05, 3.63) is 64.1 Å². The molecule has 0 aliphatic rings. The number of aryl methyl sites for hydroxylation is 2. The molecule has 0 aliphatic carbocycles. The number of nitrogens with zero attached hydrogens (tertiary/aromatic N) is 2. The van der Waals surface area contributed by atoms with E-state index in [1.807, 2.05) is 13.0 Å². The molecule has 3 aromatic rings. The normalized spacial score (nSPS) is 11.8.